The van der Waals surface area contributed by atoms with Crippen LogP contribution in [0.3, 0.4) is 0 Å². The number of nitrogens with zero attached hydrogens (tertiary/aromatic N) is 1. The fraction of sp³-hybridized carbons (Fsp3) is 0.370. The lowest BCUT2D eigenvalue weighted by Gasteiger charge is -2.23. The van der Waals surface area contributed by atoms with Crippen LogP contribution in [-0.2, 0) is 16.0 Å². The highest BCUT2D eigenvalue weighted by atomic mass is 32.1. The lowest BCUT2D eigenvalue weighted by molar-refractivity contribution is -0.129. The molecule has 6 heteroatoms. The Morgan fingerprint density at radius 3 is 2.73 bits per heavy atom. The van der Waals surface area contributed by atoms with Crippen molar-refractivity contribution in [2.24, 2.45) is 0 Å². The first-order chi connectivity index (χ1) is 16.1. The van der Waals surface area contributed by atoms with E-state index in [0.717, 1.165) is 72.7 Å². The van der Waals surface area contributed by atoms with Gasteiger partial charge in [-0.05, 0) is 73.8 Å². The molecule has 3 aromatic rings. The fourth-order valence-corrected chi connectivity index (χ4v) is 5.60. The fourth-order valence-electron chi connectivity index (χ4n) is 4.91. The number of aromatic nitrogens is 1. The van der Waals surface area contributed by atoms with E-state index in [9.17, 15) is 9.59 Å². The zero-order chi connectivity index (χ0) is 22.8. The molecule has 1 saturated carbocycles. The van der Waals surface area contributed by atoms with Crippen molar-refractivity contribution in [2.45, 2.75) is 64.0 Å². The highest BCUT2D eigenvalue weighted by molar-refractivity contribution is 7.10. The first-order valence-corrected chi connectivity index (χ1v) is 12.7. The minimum atomic E-state index is -0.842. The molecule has 1 fully saturated rings. The average Bonchev–Trinajstić information content (AvgIpc) is 3.52. The van der Waals surface area contributed by atoms with Crippen LogP contribution in [0, 0.1) is 0 Å². The van der Waals surface area contributed by atoms with E-state index in [1.54, 1.807) is 18.3 Å². The Balaban J connectivity index is 1.49. The predicted octanol–water partition coefficient (Wildman–Crippen LogP) is 5.78. The third-order valence-electron chi connectivity index (χ3n) is 6.59. The van der Waals surface area contributed by atoms with Gasteiger partial charge in [0, 0.05) is 16.3 Å². The van der Waals surface area contributed by atoms with Crippen LogP contribution >= 0.6 is 11.3 Å². The highest BCUT2D eigenvalue weighted by Crippen LogP contribution is 2.37. The Morgan fingerprint density at radius 1 is 1.12 bits per heavy atom. The number of fused-ring (bicyclic) bond motifs is 2. The summed E-state index contributed by atoms with van der Waals surface area (Å²) in [5.41, 5.74) is 4.27. The Bertz CT molecular complexity index is 1210. The van der Waals surface area contributed by atoms with Gasteiger partial charge in [-0.25, -0.2) is 9.78 Å². The van der Waals surface area contributed by atoms with Crippen LogP contribution in [0.4, 0.5) is 0 Å². The Morgan fingerprint density at radius 2 is 1.94 bits per heavy atom. The second-order valence-corrected chi connectivity index (χ2v) is 9.89. The maximum atomic E-state index is 13.5. The summed E-state index contributed by atoms with van der Waals surface area (Å²) in [5.74, 6) is -0.669. The number of thiophene rings is 1. The summed E-state index contributed by atoms with van der Waals surface area (Å²) in [6.45, 7) is 1.65. The molecule has 5 nitrogen and oxygen atoms in total. The number of nitrogens with one attached hydrogen (secondary N) is 1. The third-order valence-corrected chi connectivity index (χ3v) is 7.41. The summed E-state index contributed by atoms with van der Waals surface area (Å²) in [5, 5.41) is 5.87. The maximum Gasteiger partial charge on any atom is 0.339 e. The normalized spacial score (nSPS) is 18.3. The van der Waals surface area contributed by atoms with E-state index >= 15 is 0 Å². The molecule has 2 aliphatic carbocycles. The van der Waals surface area contributed by atoms with E-state index in [1.807, 2.05) is 30.3 Å². The molecule has 0 bridgehead atoms. The molecule has 1 atom stereocenters. The monoisotopic (exact) mass is 460 g/mol. The van der Waals surface area contributed by atoms with Gasteiger partial charge < -0.3 is 10.1 Å². The minimum absolute atomic E-state index is 0.193. The topological polar surface area (TPSA) is 68.3 Å². The van der Waals surface area contributed by atoms with E-state index in [2.05, 4.69) is 22.8 Å². The van der Waals surface area contributed by atoms with E-state index in [-0.39, 0.29) is 11.9 Å². The number of para-hydroxylation sites is 1. The van der Waals surface area contributed by atoms with Crippen molar-refractivity contribution < 1.29 is 14.3 Å². The molecular formula is C27H28N2O3S. The summed E-state index contributed by atoms with van der Waals surface area (Å²) >= 11 is 1.69. The number of hydrogen-bond acceptors (Lipinski definition) is 5. The first kappa shape index (κ1) is 21.8. The molecule has 0 spiro atoms. The number of hydrogen-bond donors (Lipinski definition) is 1. The molecule has 1 amide bonds. The second-order valence-electron chi connectivity index (χ2n) is 8.91. The molecule has 1 N–H and O–H groups in total. The average molecular weight is 461 g/mol. The van der Waals surface area contributed by atoms with E-state index < -0.39 is 12.1 Å². The van der Waals surface area contributed by atoms with Gasteiger partial charge in [-0.2, -0.15) is 0 Å². The molecule has 2 heterocycles. The quantitative estimate of drug-likeness (QED) is 0.490. The largest absolute Gasteiger partial charge is 0.449 e. The lowest BCUT2D eigenvalue weighted by atomic mass is 9.86. The van der Waals surface area contributed by atoms with Crippen LogP contribution < -0.4 is 5.32 Å². The number of ether oxygens (including phenoxy) is 1. The van der Waals surface area contributed by atoms with Crippen molar-refractivity contribution in [3.8, 4) is 0 Å². The van der Waals surface area contributed by atoms with Crippen LogP contribution in [0.5, 0.6) is 0 Å². The van der Waals surface area contributed by atoms with Crippen LogP contribution in [0.1, 0.15) is 71.9 Å². The number of pyridine rings is 1. The first-order valence-electron chi connectivity index (χ1n) is 11.8. The standard InChI is InChI=1S/C27H28N2O3S/c1-17(26(30)28-19-9-2-3-10-19)32-27(31)24-21-12-4-5-14-23(21)29-25-18(8-6-13-22(24)25)16-20-11-7-15-33-20/h4-5,7,11-12,14-17,19H,2-3,6,8-10,13H2,1H3,(H,28,30)/b18-16-. The summed E-state index contributed by atoms with van der Waals surface area (Å²) in [6, 6.07) is 12.0. The van der Waals surface area contributed by atoms with Crippen LogP contribution in [0.2, 0.25) is 0 Å². The molecule has 33 heavy (non-hydrogen) atoms. The van der Waals surface area contributed by atoms with Gasteiger partial charge in [0.2, 0.25) is 0 Å². The minimum Gasteiger partial charge on any atom is -0.449 e. The molecule has 170 valence electrons. The van der Waals surface area contributed by atoms with Gasteiger partial charge in [0.05, 0.1) is 16.8 Å². The van der Waals surface area contributed by atoms with Gasteiger partial charge in [-0.3, -0.25) is 4.79 Å². The molecule has 1 unspecified atom stereocenters. The van der Waals surface area contributed by atoms with Crippen molar-refractivity contribution in [1.29, 1.82) is 0 Å². The summed E-state index contributed by atoms with van der Waals surface area (Å²) in [4.78, 5) is 32.2. The molecule has 2 aromatic heterocycles. The number of esters is 1. The summed E-state index contributed by atoms with van der Waals surface area (Å²) in [7, 11) is 0. The molecule has 1 aromatic carbocycles. The highest BCUT2D eigenvalue weighted by Gasteiger charge is 2.29. The van der Waals surface area contributed by atoms with E-state index in [1.165, 1.54) is 4.88 Å². The van der Waals surface area contributed by atoms with Crippen LogP contribution in [0.25, 0.3) is 22.6 Å². The van der Waals surface area contributed by atoms with Crippen molar-refractivity contribution in [1.82, 2.24) is 10.3 Å². The SMILES string of the molecule is CC(OC(=O)c1c2c(nc3ccccc13)/C(=C\c1cccs1)CCC2)C(=O)NC1CCCC1. The van der Waals surface area contributed by atoms with Crippen molar-refractivity contribution in [3.05, 3.63) is 63.5 Å². The zero-order valence-corrected chi connectivity index (χ0v) is 19.6. The smallest absolute Gasteiger partial charge is 0.339 e. The van der Waals surface area contributed by atoms with Crippen molar-refractivity contribution in [2.75, 3.05) is 0 Å². The Hall–Kier alpha value is -2.99. The number of carbonyl (C=O) groups excluding carboxylic acids is 2. The molecule has 5 rings (SSSR count). The van der Waals surface area contributed by atoms with Gasteiger partial charge >= 0.3 is 5.97 Å². The zero-order valence-electron chi connectivity index (χ0n) is 18.8. The van der Waals surface area contributed by atoms with E-state index in [4.69, 9.17) is 9.72 Å². The Labute approximate surface area is 197 Å². The lowest BCUT2D eigenvalue weighted by Crippen LogP contribution is -2.41. The van der Waals surface area contributed by atoms with Crippen LogP contribution in [0.15, 0.2) is 41.8 Å². The van der Waals surface area contributed by atoms with Gasteiger partial charge in [-0.15, -0.1) is 11.3 Å². The summed E-state index contributed by atoms with van der Waals surface area (Å²) < 4.78 is 5.73. The number of benzene rings is 1. The Kier molecular flexibility index (Phi) is 6.27. The third kappa shape index (κ3) is 4.58. The van der Waals surface area contributed by atoms with Crippen LogP contribution in [-0.4, -0.2) is 29.0 Å². The summed E-state index contributed by atoms with van der Waals surface area (Å²) in [6.07, 6.45) is 8.23. The van der Waals surface area contributed by atoms with Crippen molar-refractivity contribution >= 4 is 45.8 Å². The van der Waals surface area contributed by atoms with Gasteiger partial charge in [0.15, 0.2) is 6.10 Å². The molecule has 2 aliphatic rings. The molecule has 0 aliphatic heterocycles. The molecule has 0 saturated heterocycles. The van der Waals surface area contributed by atoms with Crippen molar-refractivity contribution in [3.63, 3.8) is 0 Å². The maximum absolute atomic E-state index is 13.5. The van der Waals surface area contributed by atoms with Gasteiger partial charge in [0.1, 0.15) is 0 Å². The number of carbonyl (C=O) groups is 2. The van der Waals surface area contributed by atoms with Gasteiger partial charge in [-0.1, -0.05) is 37.1 Å². The number of allylic oxidation sites excluding steroid dienone is 1. The van der Waals surface area contributed by atoms with E-state index in [0.29, 0.717) is 5.56 Å². The van der Waals surface area contributed by atoms with Gasteiger partial charge in [0.25, 0.3) is 5.91 Å². The predicted molar refractivity (Wildman–Crippen MR) is 132 cm³/mol. The molecule has 0 radical (unpaired) electrons. The molecular weight excluding hydrogens is 432 g/mol. The second kappa shape index (κ2) is 9.48. The number of amides is 1. The number of rotatable bonds is 5.